The summed E-state index contributed by atoms with van der Waals surface area (Å²) in [6.45, 7) is 8.42. The van der Waals surface area contributed by atoms with Gasteiger partial charge in [-0.25, -0.2) is 13.9 Å². The van der Waals surface area contributed by atoms with Gasteiger partial charge < -0.3 is 34.3 Å². The molecule has 0 aliphatic carbocycles. The van der Waals surface area contributed by atoms with E-state index < -0.39 is 50.4 Å². The minimum atomic E-state index is -4.42. The largest absolute Gasteiger partial charge is 0.479 e. The van der Waals surface area contributed by atoms with E-state index in [1.54, 1.807) is 36.4 Å². The van der Waals surface area contributed by atoms with Gasteiger partial charge in [-0.05, 0) is 48.4 Å². The molecule has 2 unspecified atom stereocenters. The third-order valence-corrected chi connectivity index (χ3v) is 10.3. The smallest absolute Gasteiger partial charge is 0.459 e. The van der Waals surface area contributed by atoms with Gasteiger partial charge in [-0.15, -0.1) is 0 Å². The van der Waals surface area contributed by atoms with Crippen molar-refractivity contribution in [2.45, 2.75) is 71.2 Å². The molecule has 1 saturated heterocycles. The molecule has 3 aromatic carbocycles. The van der Waals surface area contributed by atoms with E-state index in [-0.39, 0.29) is 53.1 Å². The lowest BCUT2D eigenvalue weighted by Crippen LogP contribution is -2.44. The Bertz CT molecular complexity index is 2150. The molecule has 0 amide bonds. The minimum Gasteiger partial charge on any atom is -0.479 e. The van der Waals surface area contributed by atoms with Gasteiger partial charge in [0.25, 0.3) is 0 Å². The second-order valence-corrected chi connectivity index (χ2v) is 16.1. The van der Waals surface area contributed by atoms with Gasteiger partial charge in [0.05, 0.1) is 26.7 Å². The zero-order chi connectivity index (χ0) is 38.8. The average Bonchev–Trinajstić information content (AvgIpc) is 3.65. The first-order valence-corrected chi connectivity index (χ1v) is 18.8. The Morgan fingerprint density at radius 1 is 1.11 bits per heavy atom. The fraction of sp³-hybridized carbons (Fsp3) is 0.405. The standard InChI is InChI=1S/C37H44FN6O9P/c1-22(33(46)50-20-36(2,3)4)43-54(48,53-27-13-9-11-24-10-7-8-12-26(24)27)51-19-28-30(45)37(5,47)34(52-28)44-21-40-29-31(44)41-35(42-32(29)49-6)39-18-23-14-16-25(38)17-15-23/h7-17,21-22,28,30,34,45,47H,18-20H2,1-6H3,(H,43,48)(H,39,41,42)/t22?,28-,30-,34-,37-,54?/m1/s1. The van der Waals surface area contributed by atoms with Crippen molar-refractivity contribution >= 4 is 41.6 Å². The highest BCUT2D eigenvalue weighted by Gasteiger charge is 2.54. The molecule has 1 aliphatic heterocycles. The number of halogens is 1. The molecule has 17 heteroatoms. The van der Waals surface area contributed by atoms with Crippen LogP contribution in [0.4, 0.5) is 10.3 Å². The van der Waals surface area contributed by atoms with Crippen LogP contribution in [0.5, 0.6) is 11.6 Å². The van der Waals surface area contributed by atoms with Gasteiger partial charge in [-0.3, -0.25) is 13.9 Å². The molecule has 0 spiro atoms. The van der Waals surface area contributed by atoms with E-state index in [4.69, 9.17) is 23.3 Å². The van der Waals surface area contributed by atoms with Crippen molar-refractivity contribution in [1.82, 2.24) is 24.6 Å². The summed E-state index contributed by atoms with van der Waals surface area (Å²) in [6.07, 6.45) is -2.73. The summed E-state index contributed by atoms with van der Waals surface area (Å²) >= 11 is 0. The highest BCUT2D eigenvalue weighted by atomic mass is 31.2. The van der Waals surface area contributed by atoms with Gasteiger partial charge in [0.15, 0.2) is 17.4 Å². The lowest BCUT2D eigenvalue weighted by molar-refractivity contribution is -0.148. The number of carbonyl (C=O) groups excluding carboxylic acids is 1. The van der Waals surface area contributed by atoms with Crippen LogP contribution in [0, 0.1) is 11.2 Å². The fourth-order valence-corrected chi connectivity index (χ4v) is 7.33. The molecular formula is C37H44FN6O9P. The average molecular weight is 767 g/mol. The number of nitrogens with one attached hydrogen (secondary N) is 2. The number of hydrogen-bond acceptors (Lipinski definition) is 13. The number of esters is 1. The molecule has 6 rings (SSSR count). The van der Waals surface area contributed by atoms with E-state index in [1.165, 1.54) is 44.0 Å². The van der Waals surface area contributed by atoms with Crippen LogP contribution in [-0.4, -0.2) is 79.9 Å². The number of ether oxygens (including phenoxy) is 3. The fourth-order valence-electron chi connectivity index (χ4n) is 5.81. The van der Waals surface area contributed by atoms with Crippen LogP contribution < -0.4 is 19.7 Å². The number of methoxy groups -OCH3 is 1. The third kappa shape index (κ3) is 8.65. The zero-order valence-electron chi connectivity index (χ0n) is 30.7. The van der Waals surface area contributed by atoms with Gasteiger partial charge in [-0.2, -0.15) is 15.1 Å². The summed E-state index contributed by atoms with van der Waals surface area (Å²) < 4.78 is 58.4. The zero-order valence-corrected chi connectivity index (χ0v) is 31.6. The molecule has 5 aromatic rings. The SMILES string of the molecule is COc1nc(NCc2ccc(F)cc2)nc2c1ncn2[C@@H]1O[C@H](COP(=O)(NC(C)C(=O)OCC(C)(C)C)Oc2cccc3ccccc23)[C@@H](O)[C@@]1(C)O. The van der Waals surface area contributed by atoms with Gasteiger partial charge in [0.2, 0.25) is 11.8 Å². The monoisotopic (exact) mass is 766 g/mol. The van der Waals surface area contributed by atoms with Crippen LogP contribution in [0.3, 0.4) is 0 Å². The van der Waals surface area contributed by atoms with Gasteiger partial charge in [0.1, 0.15) is 35.4 Å². The maximum Gasteiger partial charge on any atom is 0.459 e. The molecule has 4 N–H and O–H groups in total. The molecule has 1 fully saturated rings. The molecule has 0 saturated carbocycles. The first-order valence-electron chi connectivity index (χ1n) is 17.3. The number of fused-ring (bicyclic) bond motifs is 2. The summed E-state index contributed by atoms with van der Waals surface area (Å²) in [5.74, 6) is -0.535. The molecule has 0 bridgehead atoms. The molecule has 15 nitrogen and oxygen atoms in total. The Morgan fingerprint density at radius 2 is 1.83 bits per heavy atom. The van der Waals surface area contributed by atoms with Crippen LogP contribution in [0.25, 0.3) is 21.9 Å². The van der Waals surface area contributed by atoms with Crippen molar-refractivity contribution in [1.29, 1.82) is 0 Å². The normalized spacial score (nSPS) is 21.8. The Balaban J connectivity index is 1.24. The number of carbonyl (C=O) groups is 1. The number of hydrogen-bond donors (Lipinski definition) is 4. The van der Waals surface area contributed by atoms with E-state index in [1.807, 2.05) is 39.0 Å². The van der Waals surface area contributed by atoms with Gasteiger partial charge in [0, 0.05) is 11.9 Å². The first-order chi connectivity index (χ1) is 25.6. The number of benzene rings is 3. The number of rotatable bonds is 14. The van der Waals surface area contributed by atoms with Crippen molar-refractivity contribution in [3.8, 4) is 11.6 Å². The number of imidazole rings is 1. The molecule has 6 atom stereocenters. The summed E-state index contributed by atoms with van der Waals surface area (Å²) in [6, 6.07) is 17.3. The molecule has 3 heterocycles. The van der Waals surface area contributed by atoms with Crippen LogP contribution in [0.15, 0.2) is 73.1 Å². The van der Waals surface area contributed by atoms with Gasteiger partial charge >= 0.3 is 13.7 Å². The molecular weight excluding hydrogens is 722 g/mol. The Kier molecular flexibility index (Phi) is 11.2. The summed E-state index contributed by atoms with van der Waals surface area (Å²) in [7, 11) is -3.00. The van der Waals surface area contributed by atoms with E-state index in [0.29, 0.717) is 5.39 Å². The summed E-state index contributed by atoms with van der Waals surface area (Å²) in [4.78, 5) is 26.3. The van der Waals surface area contributed by atoms with Crippen molar-refractivity contribution in [3.63, 3.8) is 0 Å². The summed E-state index contributed by atoms with van der Waals surface area (Å²) in [5, 5.41) is 30.2. The molecule has 54 heavy (non-hydrogen) atoms. The maximum atomic E-state index is 14.5. The lowest BCUT2D eigenvalue weighted by Gasteiger charge is -2.27. The van der Waals surface area contributed by atoms with E-state index >= 15 is 0 Å². The number of aromatic nitrogens is 4. The number of aliphatic hydroxyl groups excluding tert-OH is 1. The van der Waals surface area contributed by atoms with E-state index in [9.17, 15) is 24.0 Å². The summed E-state index contributed by atoms with van der Waals surface area (Å²) in [5.41, 5.74) is -1.02. The molecule has 288 valence electrons. The number of nitrogens with zero attached hydrogens (tertiary/aromatic N) is 4. The van der Waals surface area contributed by atoms with Crippen LogP contribution in [-0.2, 0) is 29.9 Å². The topological polar surface area (TPSA) is 188 Å². The van der Waals surface area contributed by atoms with Gasteiger partial charge in [-0.1, -0.05) is 69.3 Å². The number of aliphatic hydroxyl groups is 2. The highest BCUT2D eigenvalue weighted by Crippen LogP contribution is 2.48. The second kappa shape index (κ2) is 15.6. The maximum absolute atomic E-state index is 14.5. The van der Waals surface area contributed by atoms with Crippen LogP contribution in [0.2, 0.25) is 0 Å². The lowest BCUT2D eigenvalue weighted by atomic mass is 9.96. The van der Waals surface area contributed by atoms with Crippen LogP contribution >= 0.6 is 7.75 Å². The third-order valence-electron chi connectivity index (χ3n) is 8.68. The van der Waals surface area contributed by atoms with Crippen LogP contribution in [0.1, 0.15) is 46.4 Å². The highest BCUT2D eigenvalue weighted by molar-refractivity contribution is 7.52. The predicted octanol–water partition coefficient (Wildman–Crippen LogP) is 5.52. The van der Waals surface area contributed by atoms with Crippen molar-refractivity contribution in [2.24, 2.45) is 5.41 Å². The predicted molar refractivity (Wildman–Crippen MR) is 197 cm³/mol. The van der Waals surface area contributed by atoms with Crippen molar-refractivity contribution in [2.75, 3.05) is 25.6 Å². The number of anilines is 1. The molecule has 2 aromatic heterocycles. The Labute approximate surface area is 311 Å². The molecule has 1 aliphatic rings. The van der Waals surface area contributed by atoms with Crippen molar-refractivity contribution in [3.05, 3.63) is 84.4 Å². The van der Waals surface area contributed by atoms with E-state index in [0.717, 1.165) is 10.9 Å². The van der Waals surface area contributed by atoms with Crippen molar-refractivity contribution < 1.29 is 47.2 Å². The first kappa shape index (κ1) is 39.0. The second-order valence-electron chi connectivity index (χ2n) is 14.4. The Hall–Kier alpha value is -4.70. The molecule has 0 radical (unpaired) electrons. The quantitative estimate of drug-likeness (QED) is 0.0817. The minimum absolute atomic E-state index is 0.122. The Morgan fingerprint density at radius 3 is 2.56 bits per heavy atom. The van der Waals surface area contributed by atoms with E-state index in [2.05, 4.69) is 25.4 Å².